The lowest BCUT2D eigenvalue weighted by Gasteiger charge is -2.11. The largest absolute Gasteiger partial charge is 0.496 e. The molecule has 148 valence electrons. The summed E-state index contributed by atoms with van der Waals surface area (Å²) in [5.74, 6) is -0.0542. The van der Waals surface area contributed by atoms with Gasteiger partial charge in [0.25, 0.3) is 5.91 Å². The number of para-hydroxylation sites is 1. The van der Waals surface area contributed by atoms with E-state index < -0.39 is 0 Å². The average Bonchev–Trinajstić information content (AvgIpc) is 2.75. The Balaban J connectivity index is 1.63. The summed E-state index contributed by atoms with van der Waals surface area (Å²) in [6, 6.07) is 21.4. The first-order valence-electron chi connectivity index (χ1n) is 9.19. The molecule has 0 aromatic heterocycles. The molecule has 0 fully saturated rings. The van der Waals surface area contributed by atoms with E-state index in [1.807, 2.05) is 42.5 Å². The maximum Gasteiger partial charge on any atom is 0.338 e. The molecule has 0 radical (unpaired) electrons. The number of benzene rings is 3. The zero-order valence-corrected chi connectivity index (χ0v) is 16.3. The lowest BCUT2D eigenvalue weighted by Crippen LogP contribution is -2.13. The van der Waals surface area contributed by atoms with E-state index in [9.17, 15) is 9.59 Å². The van der Waals surface area contributed by atoms with Crippen molar-refractivity contribution in [3.05, 3.63) is 83.9 Å². The minimum atomic E-state index is -0.339. The standard InChI is InChI=1S/C23H22N2O4/c1-3-29-23(27)16-8-10-17(11-9-16)24-18-12-14-19(15-13-18)25-22(26)20-6-4-5-7-21(20)28-2/h4-15,24H,3H2,1-2H3,(H,25,26). The highest BCUT2D eigenvalue weighted by Gasteiger charge is 2.11. The van der Waals surface area contributed by atoms with Crippen LogP contribution in [0.1, 0.15) is 27.6 Å². The van der Waals surface area contributed by atoms with Gasteiger partial charge in [-0.05, 0) is 67.6 Å². The summed E-state index contributed by atoms with van der Waals surface area (Å²) in [4.78, 5) is 24.2. The number of nitrogens with one attached hydrogen (secondary N) is 2. The fourth-order valence-electron chi connectivity index (χ4n) is 2.74. The molecule has 2 N–H and O–H groups in total. The number of methoxy groups -OCH3 is 1. The first kappa shape index (κ1) is 19.9. The van der Waals surface area contributed by atoms with Crippen LogP contribution < -0.4 is 15.4 Å². The third kappa shape index (κ3) is 5.13. The second-order valence-corrected chi connectivity index (χ2v) is 6.15. The molecule has 6 heteroatoms. The highest BCUT2D eigenvalue weighted by Crippen LogP contribution is 2.22. The van der Waals surface area contributed by atoms with Crippen LogP contribution in [-0.4, -0.2) is 25.6 Å². The summed E-state index contributed by atoms with van der Waals surface area (Å²) in [5.41, 5.74) is 3.34. The van der Waals surface area contributed by atoms with Gasteiger partial charge in [0.1, 0.15) is 5.75 Å². The summed E-state index contributed by atoms with van der Waals surface area (Å²) in [6.45, 7) is 2.12. The second kappa shape index (κ2) is 9.41. The predicted molar refractivity (Wildman–Crippen MR) is 113 cm³/mol. The number of carbonyl (C=O) groups excluding carboxylic acids is 2. The van der Waals surface area contributed by atoms with Gasteiger partial charge in [0.15, 0.2) is 0 Å². The van der Waals surface area contributed by atoms with E-state index in [1.165, 1.54) is 7.11 Å². The molecule has 0 bridgehead atoms. The van der Waals surface area contributed by atoms with Crippen LogP contribution >= 0.6 is 0 Å². The number of hydrogen-bond acceptors (Lipinski definition) is 5. The number of esters is 1. The van der Waals surface area contributed by atoms with E-state index >= 15 is 0 Å². The quantitative estimate of drug-likeness (QED) is 0.563. The van der Waals surface area contributed by atoms with Crippen molar-refractivity contribution in [1.29, 1.82) is 0 Å². The van der Waals surface area contributed by atoms with Crippen molar-refractivity contribution in [3.63, 3.8) is 0 Å². The minimum absolute atomic E-state index is 0.238. The van der Waals surface area contributed by atoms with Gasteiger partial charge in [-0.3, -0.25) is 4.79 Å². The SMILES string of the molecule is CCOC(=O)c1ccc(Nc2ccc(NC(=O)c3ccccc3OC)cc2)cc1. The molecule has 6 nitrogen and oxygen atoms in total. The first-order valence-corrected chi connectivity index (χ1v) is 9.19. The molecule has 29 heavy (non-hydrogen) atoms. The van der Waals surface area contributed by atoms with Crippen LogP contribution in [0.25, 0.3) is 0 Å². The van der Waals surface area contributed by atoms with E-state index in [4.69, 9.17) is 9.47 Å². The van der Waals surface area contributed by atoms with Crippen molar-refractivity contribution < 1.29 is 19.1 Å². The first-order chi connectivity index (χ1) is 14.1. The molecule has 0 saturated heterocycles. The smallest absolute Gasteiger partial charge is 0.338 e. The maximum atomic E-state index is 12.5. The molecule has 0 saturated carbocycles. The normalized spacial score (nSPS) is 10.1. The lowest BCUT2D eigenvalue weighted by atomic mass is 10.1. The van der Waals surface area contributed by atoms with Crippen LogP contribution in [0.5, 0.6) is 5.75 Å². The van der Waals surface area contributed by atoms with E-state index in [0.717, 1.165) is 11.4 Å². The third-order valence-corrected chi connectivity index (χ3v) is 4.18. The van der Waals surface area contributed by atoms with Gasteiger partial charge in [0, 0.05) is 17.1 Å². The molecule has 0 spiro atoms. The fraction of sp³-hybridized carbons (Fsp3) is 0.130. The van der Waals surface area contributed by atoms with E-state index in [1.54, 1.807) is 37.3 Å². The summed E-state index contributed by atoms with van der Waals surface area (Å²) in [7, 11) is 1.53. The molecular formula is C23H22N2O4. The van der Waals surface area contributed by atoms with Gasteiger partial charge < -0.3 is 20.1 Å². The average molecular weight is 390 g/mol. The van der Waals surface area contributed by atoms with E-state index in [-0.39, 0.29) is 11.9 Å². The minimum Gasteiger partial charge on any atom is -0.496 e. The Labute approximate surface area is 169 Å². The number of rotatable bonds is 7. The van der Waals surface area contributed by atoms with Gasteiger partial charge in [0.2, 0.25) is 0 Å². The number of hydrogen-bond donors (Lipinski definition) is 2. The summed E-state index contributed by atoms with van der Waals surface area (Å²) in [5, 5.41) is 6.11. The molecule has 3 aromatic carbocycles. The van der Waals surface area contributed by atoms with Crippen LogP contribution in [0.2, 0.25) is 0 Å². The zero-order valence-electron chi connectivity index (χ0n) is 16.3. The number of ether oxygens (including phenoxy) is 2. The Morgan fingerprint density at radius 3 is 2.03 bits per heavy atom. The molecule has 0 heterocycles. The van der Waals surface area contributed by atoms with Gasteiger partial charge in [-0.15, -0.1) is 0 Å². The molecule has 0 aliphatic carbocycles. The highest BCUT2D eigenvalue weighted by atomic mass is 16.5. The fourth-order valence-corrected chi connectivity index (χ4v) is 2.74. The van der Waals surface area contributed by atoms with Crippen molar-refractivity contribution in [2.45, 2.75) is 6.92 Å². The van der Waals surface area contributed by atoms with Gasteiger partial charge in [-0.25, -0.2) is 4.79 Å². The lowest BCUT2D eigenvalue weighted by molar-refractivity contribution is 0.0526. The Hall–Kier alpha value is -3.80. The van der Waals surface area contributed by atoms with Crippen molar-refractivity contribution in [3.8, 4) is 5.75 Å². The molecule has 0 aliphatic rings. The Morgan fingerprint density at radius 2 is 1.41 bits per heavy atom. The van der Waals surface area contributed by atoms with Crippen LogP contribution in [0.3, 0.4) is 0 Å². The maximum absolute atomic E-state index is 12.5. The monoisotopic (exact) mass is 390 g/mol. The Kier molecular flexibility index (Phi) is 6.47. The summed E-state index contributed by atoms with van der Waals surface area (Å²) < 4.78 is 10.2. The topological polar surface area (TPSA) is 76.7 Å². The third-order valence-electron chi connectivity index (χ3n) is 4.18. The molecule has 3 rings (SSSR count). The van der Waals surface area contributed by atoms with E-state index in [2.05, 4.69) is 10.6 Å². The zero-order chi connectivity index (χ0) is 20.6. The van der Waals surface area contributed by atoms with Crippen LogP contribution in [0.4, 0.5) is 17.1 Å². The molecule has 1 amide bonds. The summed E-state index contributed by atoms with van der Waals surface area (Å²) >= 11 is 0. The second-order valence-electron chi connectivity index (χ2n) is 6.15. The van der Waals surface area contributed by atoms with Crippen molar-refractivity contribution in [1.82, 2.24) is 0 Å². The van der Waals surface area contributed by atoms with Crippen LogP contribution in [0.15, 0.2) is 72.8 Å². The predicted octanol–water partition coefficient (Wildman–Crippen LogP) is 4.87. The highest BCUT2D eigenvalue weighted by molar-refractivity contribution is 6.06. The van der Waals surface area contributed by atoms with Crippen LogP contribution in [0, 0.1) is 0 Å². The molecule has 0 atom stereocenters. The Morgan fingerprint density at radius 1 is 0.828 bits per heavy atom. The van der Waals surface area contributed by atoms with Gasteiger partial charge >= 0.3 is 5.97 Å². The van der Waals surface area contributed by atoms with Gasteiger partial charge in [0.05, 0.1) is 24.8 Å². The van der Waals surface area contributed by atoms with Gasteiger partial charge in [-0.1, -0.05) is 12.1 Å². The van der Waals surface area contributed by atoms with Crippen molar-refractivity contribution in [2.24, 2.45) is 0 Å². The number of amides is 1. The molecule has 3 aromatic rings. The molecular weight excluding hydrogens is 368 g/mol. The Bertz CT molecular complexity index is 983. The number of anilines is 3. The molecule has 0 unspecified atom stereocenters. The van der Waals surface area contributed by atoms with Gasteiger partial charge in [-0.2, -0.15) is 0 Å². The summed E-state index contributed by atoms with van der Waals surface area (Å²) in [6.07, 6.45) is 0. The van der Waals surface area contributed by atoms with Crippen molar-refractivity contribution in [2.75, 3.05) is 24.4 Å². The van der Waals surface area contributed by atoms with Crippen molar-refractivity contribution >= 4 is 28.9 Å². The molecule has 0 aliphatic heterocycles. The number of carbonyl (C=O) groups is 2. The van der Waals surface area contributed by atoms with Crippen LogP contribution in [-0.2, 0) is 4.74 Å². The van der Waals surface area contributed by atoms with E-state index in [0.29, 0.717) is 29.2 Å².